The van der Waals surface area contributed by atoms with E-state index < -0.39 is 0 Å². The number of carbonyl (C=O) groups excluding carboxylic acids is 1. The second kappa shape index (κ2) is 7.07. The van der Waals surface area contributed by atoms with Crippen molar-refractivity contribution < 1.29 is 9.53 Å². The Morgan fingerprint density at radius 2 is 2.11 bits per heavy atom. The zero-order valence-electron chi connectivity index (χ0n) is 10.8. The van der Waals surface area contributed by atoms with Crippen molar-refractivity contribution in [2.24, 2.45) is 0 Å². The van der Waals surface area contributed by atoms with E-state index in [1.54, 1.807) is 0 Å². The second-order valence-electron chi connectivity index (χ2n) is 4.08. The molecule has 1 heterocycles. The van der Waals surface area contributed by atoms with Crippen molar-refractivity contribution in [3.8, 4) is 0 Å². The summed E-state index contributed by atoms with van der Waals surface area (Å²) in [7, 11) is 0. The fraction of sp³-hybridized carbons (Fsp3) is 0.267. The Morgan fingerprint density at radius 3 is 2.74 bits per heavy atom. The molecule has 1 amide bonds. The van der Waals surface area contributed by atoms with Gasteiger partial charge in [0.25, 0.3) is 5.91 Å². The third-order valence-corrected chi connectivity index (χ3v) is 3.45. The van der Waals surface area contributed by atoms with Gasteiger partial charge in [0.2, 0.25) is 0 Å². The van der Waals surface area contributed by atoms with Gasteiger partial charge in [-0.3, -0.25) is 4.79 Å². The van der Waals surface area contributed by atoms with Gasteiger partial charge in [0.1, 0.15) is 0 Å². The number of carbonyl (C=O) groups is 1. The number of amides is 1. The molecule has 1 N–H and O–H groups in total. The van der Waals surface area contributed by atoms with Crippen molar-refractivity contribution in [2.75, 3.05) is 13.2 Å². The molecule has 0 spiro atoms. The summed E-state index contributed by atoms with van der Waals surface area (Å²) in [6.07, 6.45) is -0.103. The van der Waals surface area contributed by atoms with Crippen LogP contribution >= 0.6 is 11.3 Å². The quantitative estimate of drug-likeness (QED) is 0.878. The first-order chi connectivity index (χ1) is 9.31. The van der Waals surface area contributed by atoms with Gasteiger partial charge in [-0.1, -0.05) is 30.3 Å². The fourth-order valence-electron chi connectivity index (χ4n) is 1.82. The van der Waals surface area contributed by atoms with E-state index in [-0.39, 0.29) is 12.0 Å². The molecule has 0 unspecified atom stereocenters. The average Bonchev–Trinajstić information content (AvgIpc) is 2.98. The monoisotopic (exact) mass is 275 g/mol. The van der Waals surface area contributed by atoms with E-state index >= 15 is 0 Å². The predicted octanol–water partition coefficient (Wildman–Crippen LogP) is 3.26. The van der Waals surface area contributed by atoms with Crippen molar-refractivity contribution >= 4 is 17.2 Å². The van der Waals surface area contributed by atoms with Crippen molar-refractivity contribution in [2.45, 2.75) is 13.0 Å². The predicted molar refractivity (Wildman–Crippen MR) is 77.5 cm³/mol. The maximum atomic E-state index is 11.9. The highest BCUT2D eigenvalue weighted by Gasteiger charge is 2.13. The van der Waals surface area contributed by atoms with Gasteiger partial charge >= 0.3 is 0 Å². The summed E-state index contributed by atoms with van der Waals surface area (Å²) in [5.41, 5.74) is 1.78. The van der Waals surface area contributed by atoms with Crippen LogP contribution in [0.2, 0.25) is 0 Å². The first kappa shape index (κ1) is 13.8. The average molecular weight is 275 g/mol. The first-order valence-electron chi connectivity index (χ1n) is 6.28. The van der Waals surface area contributed by atoms with E-state index in [4.69, 9.17) is 4.74 Å². The number of ether oxygens (including phenoxy) is 1. The summed E-state index contributed by atoms with van der Waals surface area (Å²) in [6.45, 7) is 3.05. The number of hydrogen-bond donors (Lipinski definition) is 1. The molecule has 0 saturated heterocycles. The van der Waals surface area contributed by atoms with Gasteiger partial charge < -0.3 is 10.1 Å². The lowest BCUT2D eigenvalue weighted by molar-refractivity contribution is 0.0586. The van der Waals surface area contributed by atoms with E-state index in [1.165, 1.54) is 11.3 Å². The highest BCUT2D eigenvalue weighted by molar-refractivity contribution is 7.08. The molecule has 19 heavy (non-hydrogen) atoms. The summed E-state index contributed by atoms with van der Waals surface area (Å²) in [5.74, 6) is -0.0538. The molecule has 1 aromatic carbocycles. The summed E-state index contributed by atoms with van der Waals surface area (Å²) in [5, 5.41) is 6.65. The minimum atomic E-state index is -0.103. The van der Waals surface area contributed by atoms with E-state index in [9.17, 15) is 4.79 Å². The topological polar surface area (TPSA) is 38.3 Å². The second-order valence-corrected chi connectivity index (χ2v) is 4.86. The van der Waals surface area contributed by atoms with Gasteiger partial charge in [0.15, 0.2) is 0 Å². The standard InChI is InChI=1S/C15H17NO2S/c1-2-18-14(12-6-4-3-5-7-12)10-16-15(17)13-8-9-19-11-13/h3-9,11,14H,2,10H2,1H3,(H,16,17)/t14-/m1/s1. The summed E-state index contributed by atoms with van der Waals surface area (Å²) >= 11 is 1.52. The highest BCUT2D eigenvalue weighted by atomic mass is 32.1. The van der Waals surface area contributed by atoms with E-state index in [1.807, 2.05) is 54.1 Å². The Morgan fingerprint density at radius 1 is 1.32 bits per heavy atom. The molecule has 1 atom stereocenters. The molecule has 100 valence electrons. The van der Waals surface area contributed by atoms with Crippen LogP contribution < -0.4 is 5.32 Å². The SMILES string of the molecule is CCO[C@H](CNC(=O)c1ccsc1)c1ccccc1. The normalized spacial score (nSPS) is 12.1. The van der Waals surface area contributed by atoms with E-state index in [0.29, 0.717) is 18.7 Å². The van der Waals surface area contributed by atoms with E-state index in [0.717, 1.165) is 5.56 Å². The van der Waals surface area contributed by atoms with Crippen LogP contribution in [0, 0.1) is 0 Å². The highest BCUT2D eigenvalue weighted by Crippen LogP contribution is 2.16. The van der Waals surface area contributed by atoms with Gasteiger partial charge in [0.05, 0.1) is 6.10 Å². The Bertz CT molecular complexity index is 496. The molecule has 2 aromatic rings. The van der Waals surface area contributed by atoms with Crippen molar-refractivity contribution in [3.63, 3.8) is 0 Å². The zero-order valence-corrected chi connectivity index (χ0v) is 11.7. The number of rotatable bonds is 6. The molecule has 0 saturated carbocycles. The van der Waals surface area contributed by atoms with Crippen LogP contribution in [0.15, 0.2) is 47.2 Å². The van der Waals surface area contributed by atoms with E-state index in [2.05, 4.69) is 5.32 Å². The van der Waals surface area contributed by atoms with Crippen molar-refractivity contribution in [3.05, 3.63) is 58.3 Å². The molecular weight excluding hydrogens is 258 g/mol. The summed E-state index contributed by atoms with van der Waals surface area (Å²) in [4.78, 5) is 11.9. The third kappa shape index (κ3) is 3.91. The van der Waals surface area contributed by atoms with Gasteiger partial charge in [-0.05, 0) is 23.9 Å². The molecular formula is C15H17NO2S. The van der Waals surface area contributed by atoms with Crippen LogP contribution in [-0.2, 0) is 4.74 Å². The van der Waals surface area contributed by atoms with Crippen molar-refractivity contribution in [1.29, 1.82) is 0 Å². The van der Waals surface area contributed by atoms with Crippen LogP contribution in [0.1, 0.15) is 28.9 Å². The maximum absolute atomic E-state index is 11.9. The van der Waals surface area contributed by atoms with Gasteiger partial charge in [-0.2, -0.15) is 11.3 Å². The number of hydrogen-bond acceptors (Lipinski definition) is 3. The Labute approximate surface area is 117 Å². The molecule has 0 radical (unpaired) electrons. The summed E-state index contributed by atoms with van der Waals surface area (Å²) in [6, 6.07) is 11.8. The number of nitrogens with one attached hydrogen (secondary N) is 1. The minimum absolute atomic E-state index is 0.0538. The van der Waals surface area contributed by atoms with Crippen LogP contribution in [-0.4, -0.2) is 19.1 Å². The Balaban J connectivity index is 1.96. The smallest absolute Gasteiger partial charge is 0.252 e. The van der Waals surface area contributed by atoms with Gasteiger partial charge in [0, 0.05) is 24.1 Å². The van der Waals surface area contributed by atoms with Gasteiger partial charge in [-0.15, -0.1) is 0 Å². The lowest BCUT2D eigenvalue weighted by atomic mass is 10.1. The molecule has 2 rings (SSSR count). The Hall–Kier alpha value is -1.65. The summed E-state index contributed by atoms with van der Waals surface area (Å²) < 4.78 is 5.68. The molecule has 1 aromatic heterocycles. The number of thiophene rings is 1. The first-order valence-corrected chi connectivity index (χ1v) is 7.22. The lowest BCUT2D eigenvalue weighted by Gasteiger charge is -2.18. The minimum Gasteiger partial charge on any atom is -0.372 e. The molecule has 4 heteroatoms. The number of benzene rings is 1. The van der Waals surface area contributed by atoms with Crippen LogP contribution in [0.25, 0.3) is 0 Å². The molecule has 0 aliphatic rings. The zero-order chi connectivity index (χ0) is 13.5. The molecule has 0 aliphatic carbocycles. The largest absolute Gasteiger partial charge is 0.372 e. The van der Waals surface area contributed by atoms with Crippen LogP contribution in [0.4, 0.5) is 0 Å². The fourth-order valence-corrected chi connectivity index (χ4v) is 2.46. The third-order valence-electron chi connectivity index (χ3n) is 2.77. The van der Waals surface area contributed by atoms with Gasteiger partial charge in [-0.25, -0.2) is 0 Å². The molecule has 0 aliphatic heterocycles. The van der Waals surface area contributed by atoms with Crippen LogP contribution in [0.3, 0.4) is 0 Å². The lowest BCUT2D eigenvalue weighted by Crippen LogP contribution is -2.29. The molecule has 3 nitrogen and oxygen atoms in total. The maximum Gasteiger partial charge on any atom is 0.252 e. The Kier molecular flexibility index (Phi) is 5.12. The molecule has 0 bridgehead atoms. The van der Waals surface area contributed by atoms with Crippen LogP contribution in [0.5, 0.6) is 0 Å². The molecule has 0 fully saturated rings. The van der Waals surface area contributed by atoms with Crippen molar-refractivity contribution in [1.82, 2.24) is 5.32 Å².